The topological polar surface area (TPSA) is 69.7 Å². The highest BCUT2D eigenvalue weighted by molar-refractivity contribution is 5.98. The number of rotatable bonds is 8. The fraction of sp³-hybridized carbons (Fsp3) is 0.500. The summed E-state index contributed by atoms with van der Waals surface area (Å²) < 4.78 is 0. The predicted octanol–water partition coefficient (Wildman–Crippen LogP) is 5.62. The van der Waals surface area contributed by atoms with Crippen molar-refractivity contribution in [3.63, 3.8) is 0 Å². The maximum absolute atomic E-state index is 13.9. The van der Waals surface area contributed by atoms with Crippen molar-refractivity contribution < 1.29 is 14.4 Å². The summed E-state index contributed by atoms with van der Waals surface area (Å²) in [5, 5.41) is 3.15. The minimum Gasteiger partial charge on any atom is -0.324 e. The third kappa shape index (κ3) is 4.96. The Morgan fingerprint density at radius 1 is 0.944 bits per heavy atom. The Kier molecular flexibility index (Phi) is 7.94. The van der Waals surface area contributed by atoms with Crippen LogP contribution in [-0.4, -0.2) is 46.7 Å². The number of aldehydes is 1. The van der Waals surface area contributed by atoms with Gasteiger partial charge in [-0.1, -0.05) is 95.5 Å². The molecule has 2 amide bonds. The zero-order chi connectivity index (χ0) is 25.9. The Labute approximate surface area is 215 Å². The summed E-state index contributed by atoms with van der Waals surface area (Å²) in [6.07, 6.45) is 5.36. The summed E-state index contributed by atoms with van der Waals surface area (Å²) in [5.41, 5.74) is 3.21. The fourth-order valence-corrected chi connectivity index (χ4v) is 5.94. The molecule has 0 bridgehead atoms. The number of hydrogen-bond donors (Lipinski definition) is 1. The lowest BCUT2D eigenvalue weighted by Crippen LogP contribution is -2.52. The molecule has 1 aliphatic carbocycles. The van der Waals surface area contributed by atoms with Crippen LogP contribution in [0.25, 0.3) is 0 Å². The van der Waals surface area contributed by atoms with E-state index in [0.29, 0.717) is 0 Å². The SMILES string of the molecule is CC(C)c1cccc(C(C)C)c1NC(=O)CN1CN(C(C=O)c2ccccc2)C2(CCCCC2)C1=O. The maximum Gasteiger partial charge on any atom is 0.244 e. The zero-order valence-corrected chi connectivity index (χ0v) is 22.0. The van der Waals surface area contributed by atoms with Crippen LogP contribution in [0.3, 0.4) is 0 Å². The van der Waals surface area contributed by atoms with Gasteiger partial charge in [0.15, 0.2) is 0 Å². The van der Waals surface area contributed by atoms with Crippen molar-refractivity contribution in [3.8, 4) is 0 Å². The molecule has 36 heavy (non-hydrogen) atoms. The first-order valence-electron chi connectivity index (χ1n) is 13.3. The summed E-state index contributed by atoms with van der Waals surface area (Å²) in [6.45, 7) is 8.72. The normalized spacial score (nSPS) is 18.7. The van der Waals surface area contributed by atoms with Crippen molar-refractivity contribution in [1.29, 1.82) is 0 Å². The van der Waals surface area contributed by atoms with Crippen molar-refractivity contribution in [2.45, 2.75) is 83.2 Å². The van der Waals surface area contributed by atoms with Crippen LogP contribution >= 0.6 is 0 Å². The first-order chi connectivity index (χ1) is 17.3. The van der Waals surface area contributed by atoms with Gasteiger partial charge in [-0.3, -0.25) is 14.5 Å². The van der Waals surface area contributed by atoms with Gasteiger partial charge in [0.25, 0.3) is 0 Å². The molecule has 0 radical (unpaired) electrons. The van der Waals surface area contributed by atoms with Crippen LogP contribution < -0.4 is 5.32 Å². The second-order valence-corrected chi connectivity index (χ2v) is 10.9. The van der Waals surface area contributed by atoms with E-state index in [-0.39, 0.29) is 36.9 Å². The van der Waals surface area contributed by atoms with Gasteiger partial charge < -0.3 is 15.0 Å². The van der Waals surface area contributed by atoms with E-state index in [0.717, 1.165) is 60.8 Å². The first-order valence-corrected chi connectivity index (χ1v) is 13.3. The lowest BCUT2D eigenvalue weighted by Gasteiger charge is -2.41. The van der Waals surface area contributed by atoms with E-state index in [1.807, 2.05) is 41.3 Å². The molecule has 1 spiro atoms. The number of anilines is 1. The molecule has 6 heteroatoms. The van der Waals surface area contributed by atoms with Gasteiger partial charge in [-0.15, -0.1) is 0 Å². The molecule has 4 rings (SSSR count). The van der Waals surface area contributed by atoms with Crippen molar-refractivity contribution in [3.05, 3.63) is 65.2 Å². The van der Waals surface area contributed by atoms with Gasteiger partial charge in [0, 0.05) is 5.69 Å². The predicted molar refractivity (Wildman–Crippen MR) is 143 cm³/mol. The first kappa shape index (κ1) is 26.1. The molecule has 1 heterocycles. The summed E-state index contributed by atoms with van der Waals surface area (Å²) in [5.74, 6) is 0.287. The highest BCUT2D eigenvalue weighted by Crippen LogP contribution is 2.43. The molecule has 2 aliphatic rings. The molecule has 1 aliphatic heterocycles. The number of carbonyl (C=O) groups excluding carboxylic acids is 3. The van der Waals surface area contributed by atoms with Gasteiger partial charge in [0.2, 0.25) is 11.8 Å². The van der Waals surface area contributed by atoms with Crippen LogP contribution in [0.4, 0.5) is 5.69 Å². The Morgan fingerprint density at radius 2 is 1.56 bits per heavy atom. The molecule has 1 saturated heterocycles. The van der Waals surface area contributed by atoms with E-state index in [2.05, 4.69) is 45.1 Å². The largest absolute Gasteiger partial charge is 0.324 e. The molecule has 2 aromatic carbocycles. The number of nitrogens with one attached hydrogen (secondary N) is 1. The monoisotopic (exact) mass is 489 g/mol. The van der Waals surface area contributed by atoms with E-state index < -0.39 is 11.6 Å². The molecular weight excluding hydrogens is 450 g/mol. The number of amides is 2. The summed E-state index contributed by atoms with van der Waals surface area (Å²) in [7, 11) is 0. The van der Waals surface area contributed by atoms with Crippen molar-refractivity contribution in [1.82, 2.24) is 9.80 Å². The van der Waals surface area contributed by atoms with Gasteiger partial charge in [-0.25, -0.2) is 0 Å². The molecule has 2 aromatic rings. The van der Waals surface area contributed by atoms with E-state index in [9.17, 15) is 14.4 Å². The summed E-state index contributed by atoms with van der Waals surface area (Å²) in [6, 6.07) is 15.3. The Bertz CT molecular complexity index is 1060. The summed E-state index contributed by atoms with van der Waals surface area (Å²) in [4.78, 5) is 43.3. The lowest BCUT2D eigenvalue weighted by molar-refractivity contribution is -0.138. The molecule has 2 fully saturated rings. The molecule has 6 nitrogen and oxygen atoms in total. The number of nitrogens with zero attached hydrogens (tertiary/aromatic N) is 2. The zero-order valence-electron chi connectivity index (χ0n) is 22.0. The van der Waals surface area contributed by atoms with E-state index in [1.165, 1.54) is 0 Å². The van der Waals surface area contributed by atoms with Crippen LogP contribution in [0.2, 0.25) is 0 Å². The Hall–Kier alpha value is -2.99. The van der Waals surface area contributed by atoms with E-state index >= 15 is 0 Å². The third-order valence-electron chi connectivity index (χ3n) is 7.82. The smallest absolute Gasteiger partial charge is 0.244 e. The number of carbonyl (C=O) groups is 3. The minimum atomic E-state index is -0.723. The summed E-state index contributed by atoms with van der Waals surface area (Å²) >= 11 is 0. The highest BCUT2D eigenvalue weighted by Gasteiger charge is 2.55. The van der Waals surface area contributed by atoms with Crippen molar-refractivity contribution in [2.75, 3.05) is 18.5 Å². The fourth-order valence-electron chi connectivity index (χ4n) is 5.94. The average Bonchev–Trinajstić information content (AvgIpc) is 3.11. The van der Waals surface area contributed by atoms with E-state index in [4.69, 9.17) is 0 Å². The van der Waals surface area contributed by atoms with Crippen molar-refractivity contribution in [2.24, 2.45) is 0 Å². The average molecular weight is 490 g/mol. The van der Waals surface area contributed by atoms with E-state index in [1.54, 1.807) is 4.90 Å². The number of benzene rings is 2. The second-order valence-electron chi connectivity index (χ2n) is 10.9. The van der Waals surface area contributed by atoms with Crippen LogP contribution in [-0.2, 0) is 14.4 Å². The number of para-hydroxylation sites is 1. The van der Waals surface area contributed by atoms with Gasteiger partial charge >= 0.3 is 0 Å². The second kappa shape index (κ2) is 11.0. The molecule has 192 valence electrons. The molecule has 0 aromatic heterocycles. The molecule has 1 atom stereocenters. The van der Waals surface area contributed by atoms with Gasteiger partial charge in [-0.2, -0.15) is 0 Å². The Balaban J connectivity index is 1.60. The van der Waals surface area contributed by atoms with Crippen LogP contribution in [0, 0.1) is 0 Å². The molecule has 1 unspecified atom stereocenters. The molecule has 1 saturated carbocycles. The standard InChI is InChI=1S/C30H39N3O3/c1-21(2)24-14-11-15-25(22(3)4)28(24)31-27(35)18-32-20-33(26(19-34)23-12-7-5-8-13-23)30(29(32)36)16-9-6-10-17-30/h5,7-8,11-15,19,21-22,26H,6,9-10,16-18,20H2,1-4H3,(H,31,35). The van der Waals surface area contributed by atoms with Gasteiger partial charge in [-0.05, 0) is 41.4 Å². The Morgan fingerprint density at radius 3 is 2.11 bits per heavy atom. The molecule has 1 N–H and O–H groups in total. The van der Waals surface area contributed by atoms with Crippen molar-refractivity contribution >= 4 is 23.8 Å². The van der Waals surface area contributed by atoms with Crippen LogP contribution in [0.15, 0.2) is 48.5 Å². The lowest BCUT2D eigenvalue weighted by atomic mass is 9.79. The van der Waals surface area contributed by atoms with Gasteiger partial charge in [0.1, 0.15) is 18.4 Å². The highest BCUT2D eigenvalue weighted by atomic mass is 16.2. The van der Waals surface area contributed by atoms with Gasteiger partial charge in [0.05, 0.1) is 12.7 Å². The minimum absolute atomic E-state index is 0.0264. The molecular formula is C30H39N3O3. The quantitative estimate of drug-likeness (QED) is 0.489. The van der Waals surface area contributed by atoms with Crippen LogP contribution in [0.1, 0.15) is 94.4 Å². The maximum atomic E-state index is 13.9. The van der Waals surface area contributed by atoms with Crippen LogP contribution in [0.5, 0.6) is 0 Å². The number of hydrogen-bond acceptors (Lipinski definition) is 4. The third-order valence-corrected chi connectivity index (χ3v) is 7.82.